The molecule has 0 spiro atoms. The quantitative estimate of drug-likeness (QED) is 0.751. The van der Waals surface area contributed by atoms with E-state index in [9.17, 15) is 0 Å². The van der Waals surface area contributed by atoms with Crippen LogP contribution in [0.1, 0.15) is 13.3 Å². The van der Waals surface area contributed by atoms with Crippen LogP contribution in [0, 0.1) is 0 Å². The summed E-state index contributed by atoms with van der Waals surface area (Å²) in [6.45, 7) is 7.37. The zero-order valence-electron chi connectivity index (χ0n) is 12.5. The highest BCUT2D eigenvalue weighted by molar-refractivity contribution is 7.99. The average molecular weight is 295 g/mol. The first-order valence-electron chi connectivity index (χ1n) is 7.38. The molecule has 5 heteroatoms. The van der Waals surface area contributed by atoms with Gasteiger partial charge in [0, 0.05) is 31.5 Å². The van der Waals surface area contributed by atoms with Crippen LogP contribution in [0.5, 0.6) is 5.75 Å². The van der Waals surface area contributed by atoms with Crippen LogP contribution in [-0.2, 0) is 0 Å². The molecule has 1 aliphatic rings. The van der Waals surface area contributed by atoms with Crippen LogP contribution in [-0.4, -0.2) is 61.2 Å². The van der Waals surface area contributed by atoms with Crippen molar-refractivity contribution in [3.63, 3.8) is 0 Å². The van der Waals surface area contributed by atoms with Crippen molar-refractivity contribution in [2.75, 3.05) is 56.2 Å². The second-order valence-corrected chi connectivity index (χ2v) is 6.46. The summed E-state index contributed by atoms with van der Waals surface area (Å²) in [6, 6.07) is 2.12. The van der Waals surface area contributed by atoms with Crippen molar-refractivity contribution in [1.29, 1.82) is 0 Å². The topological polar surface area (TPSA) is 28.6 Å². The maximum atomic E-state index is 5.77. The summed E-state index contributed by atoms with van der Waals surface area (Å²) >= 11 is 1.90. The van der Waals surface area contributed by atoms with E-state index >= 15 is 0 Å². The van der Waals surface area contributed by atoms with Crippen molar-refractivity contribution >= 4 is 17.4 Å². The van der Waals surface area contributed by atoms with Crippen molar-refractivity contribution in [3.05, 3.63) is 18.5 Å². The number of hydrogen-bond donors (Lipinski definition) is 0. The molecular weight excluding hydrogens is 270 g/mol. The number of thioether (sulfide) groups is 1. The Morgan fingerprint density at radius 1 is 1.25 bits per heavy atom. The smallest absolute Gasteiger partial charge is 0.139 e. The molecule has 0 unspecified atom stereocenters. The van der Waals surface area contributed by atoms with E-state index in [-0.39, 0.29) is 0 Å². The van der Waals surface area contributed by atoms with Gasteiger partial charge in [-0.1, -0.05) is 6.92 Å². The summed E-state index contributed by atoms with van der Waals surface area (Å²) in [7, 11) is 2.19. The molecule has 1 aliphatic heterocycles. The Morgan fingerprint density at radius 2 is 2.15 bits per heavy atom. The zero-order valence-corrected chi connectivity index (χ0v) is 13.4. The van der Waals surface area contributed by atoms with Crippen LogP contribution in [0.15, 0.2) is 18.5 Å². The van der Waals surface area contributed by atoms with E-state index in [2.05, 4.69) is 34.8 Å². The fourth-order valence-electron chi connectivity index (χ4n) is 2.33. The first kappa shape index (κ1) is 15.4. The first-order valence-corrected chi connectivity index (χ1v) is 8.54. The molecule has 0 atom stereocenters. The van der Waals surface area contributed by atoms with Crippen molar-refractivity contribution in [1.82, 2.24) is 9.88 Å². The molecule has 20 heavy (non-hydrogen) atoms. The zero-order chi connectivity index (χ0) is 14.2. The molecule has 1 saturated heterocycles. The van der Waals surface area contributed by atoms with E-state index in [1.54, 1.807) is 0 Å². The lowest BCUT2D eigenvalue weighted by Gasteiger charge is -2.22. The molecule has 112 valence electrons. The number of ether oxygens (including phenoxy) is 1. The Bertz CT molecular complexity index is 402. The predicted octanol–water partition coefficient (Wildman–Crippen LogP) is 2.36. The van der Waals surface area contributed by atoms with Crippen LogP contribution in [0.3, 0.4) is 0 Å². The van der Waals surface area contributed by atoms with E-state index in [1.165, 1.54) is 18.7 Å². The van der Waals surface area contributed by atoms with E-state index in [0.717, 1.165) is 43.5 Å². The third kappa shape index (κ3) is 4.87. The maximum Gasteiger partial charge on any atom is 0.139 e. The van der Waals surface area contributed by atoms with E-state index in [0.29, 0.717) is 0 Å². The fraction of sp³-hybridized carbons (Fsp3) is 0.667. The average Bonchev–Trinajstić information content (AvgIpc) is 2.69. The van der Waals surface area contributed by atoms with Crippen LogP contribution in [0.25, 0.3) is 0 Å². The van der Waals surface area contributed by atoms with Crippen molar-refractivity contribution in [3.8, 4) is 5.75 Å². The van der Waals surface area contributed by atoms with Gasteiger partial charge in [-0.25, -0.2) is 0 Å². The second kappa shape index (κ2) is 8.37. The Morgan fingerprint density at radius 3 is 3.00 bits per heavy atom. The van der Waals surface area contributed by atoms with Gasteiger partial charge in [0.05, 0.1) is 24.7 Å². The maximum absolute atomic E-state index is 5.77. The van der Waals surface area contributed by atoms with Crippen LogP contribution >= 0.6 is 11.8 Å². The molecule has 0 saturated carbocycles. The molecule has 1 aromatic heterocycles. The van der Waals surface area contributed by atoms with Gasteiger partial charge in [0.25, 0.3) is 0 Å². The molecule has 1 fully saturated rings. The molecule has 1 aromatic rings. The number of rotatable bonds is 6. The molecule has 0 radical (unpaired) electrons. The van der Waals surface area contributed by atoms with Crippen LogP contribution < -0.4 is 9.64 Å². The lowest BCUT2D eigenvalue weighted by molar-refractivity contribution is 0.342. The minimum Gasteiger partial charge on any atom is -0.491 e. The monoisotopic (exact) mass is 295 g/mol. The molecule has 4 nitrogen and oxygen atoms in total. The van der Waals surface area contributed by atoms with Crippen molar-refractivity contribution in [2.45, 2.75) is 13.3 Å². The van der Waals surface area contributed by atoms with Gasteiger partial charge in [-0.15, -0.1) is 0 Å². The molecule has 0 bridgehead atoms. The van der Waals surface area contributed by atoms with E-state index < -0.39 is 0 Å². The van der Waals surface area contributed by atoms with Crippen molar-refractivity contribution in [2.24, 2.45) is 0 Å². The minimum absolute atomic E-state index is 0.756. The van der Waals surface area contributed by atoms with Gasteiger partial charge in [-0.3, -0.25) is 4.98 Å². The van der Waals surface area contributed by atoms with Gasteiger partial charge in [0.1, 0.15) is 5.75 Å². The fourth-order valence-corrected chi connectivity index (χ4v) is 2.82. The molecule has 0 amide bonds. The van der Waals surface area contributed by atoms with Crippen molar-refractivity contribution < 1.29 is 4.74 Å². The van der Waals surface area contributed by atoms with Gasteiger partial charge in [0.2, 0.25) is 0 Å². The highest BCUT2D eigenvalue weighted by Gasteiger charge is 2.13. The summed E-state index contributed by atoms with van der Waals surface area (Å²) in [5.41, 5.74) is 1.18. The molecule has 2 rings (SSSR count). The Hall–Kier alpha value is -0.940. The second-order valence-electron chi connectivity index (χ2n) is 5.07. The number of hydrogen-bond acceptors (Lipinski definition) is 5. The summed E-state index contributed by atoms with van der Waals surface area (Å²) in [6.07, 6.45) is 4.96. The van der Waals surface area contributed by atoms with Gasteiger partial charge < -0.3 is 14.5 Å². The third-order valence-electron chi connectivity index (χ3n) is 3.48. The predicted molar refractivity (Wildman–Crippen MR) is 87.1 cm³/mol. The summed E-state index contributed by atoms with van der Waals surface area (Å²) in [5, 5.41) is 0. The van der Waals surface area contributed by atoms with Crippen LogP contribution in [0.2, 0.25) is 0 Å². The molecule has 0 N–H and O–H groups in total. The lowest BCUT2D eigenvalue weighted by atomic mass is 10.3. The van der Waals surface area contributed by atoms with Gasteiger partial charge in [-0.2, -0.15) is 11.8 Å². The summed E-state index contributed by atoms with van der Waals surface area (Å²) in [5.74, 6) is 3.06. The van der Waals surface area contributed by atoms with Crippen LogP contribution in [0.4, 0.5) is 5.69 Å². The number of anilines is 1. The summed E-state index contributed by atoms with van der Waals surface area (Å²) < 4.78 is 5.77. The normalized spacial score (nSPS) is 17.0. The minimum atomic E-state index is 0.756. The van der Waals surface area contributed by atoms with E-state index in [1.807, 2.05) is 24.2 Å². The third-order valence-corrected chi connectivity index (χ3v) is 4.35. The van der Waals surface area contributed by atoms with Gasteiger partial charge in [0.15, 0.2) is 0 Å². The van der Waals surface area contributed by atoms with Gasteiger partial charge >= 0.3 is 0 Å². The summed E-state index contributed by atoms with van der Waals surface area (Å²) in [4.78, 5) is 9.11. The van der Waals surface area contributed by atoms with E-state index in [4.69, 9.17) is 4.74 Å². The molecule has 2 heterocycles. The SMILES string of the molecule is CCSCCOc1cncc(N2CCCN(C)CC2)c1. The molecule has 0 aliphatic carbocycles. The number of likely N-dealkylation sites (N-methyl/N-ethyl adjacent to an activating group) is 1. The lowest BCUT2D eigenvalue weighted by Crippen LogP contribution is -2.28. The highest BCUT2D eigenvalue weighted by Crippen LogP contribution is 2.21. The Labute approximate surface area is 126 Å². The number of nitrogens with zero attached hydrogens (tertiary/aromatic N) is 3. The standard InChI is InChI=1S/C15H25N3OS/c1-3-20-10-9-19-15-11-14(12-16-13-15)18-6-4-5-17(2)7-8-18/h11-13H,3-10H2,1-2H3. The number of pyridine rings is 1. The molecular formula is C15H25N3OS. The largest absolute Gasteiger partial charge is 0.491 e. The Kier molecular flexibility index (Phi) is 6.47. The Balaban J connectivity index is 1.91. The van der Waals surface area contributed by atoms with Gasteiger partial charge in [-0.05, 0) is 25.8 Å². The first-order chi connectivity index (χ1) is 9.79. The number of aromatic nitrogens is 1. The highest BCUT2D eigenvalue weighted by atomic mass is 32.2. The molecule has 0 aromatic carbocycles.